The quantitative estimate of drug-likeness (QED) is 0.835. The lowest BCUT2D eigenvalue weighted by Crippen LogP contribution is -2.49. The number of halogens is 1. The molecule has 1 aliphatic carbocycles. The average Bonchev–Trinajstić information content (AvgIpc) is 3.14. The zero-order valence-corrected chi connectivity index (χ0v) is 13.7. The molecule has 122 valence electrons. The second-order valence-electron chi connectivity index (χ2n) is 5.99. The van der Waals surface area contributed by atoms with Gasteiger partial charge in [0.1, 0.15) is 5.76 Å². The van der Waals surface area contributed by atoms with Gasteiger partial charge in [-0.05, 0) is 32.6 Å². The highest BCUT2D eigenvalue weighted by Crippen LogP contribution is 2.40. The predicted octanol–water partition coefficient (Wildman–Crippen LogP) is 1.62. The number of amides is 1. The first-order chi connectivity index (χ1) is 10.3. The molecule has 2 fully saturated rings. The monoisotopic (exact) mass is 347 g/mol. The maximum Gasteiger partial charge on any atom is 0.300 e. The number of rotatable bonds is 4. The first-order valence-corrected chi connectivity index (χ1v) is 9.60. The number of hydrogen-bond donors (Lipinski definition) is 1. The SMILES string of the molecule is C[C@H]1C[C@@H](NC(=O)c2cc(C3CC3)on2)CCN1S(=O)(=O)Cl. The fourth-order valence-electron chi connectivity index (χ4n) is 2.82. The first kappa shape index (κ1) is 15.8. The zero-order chi connectivity index (χ0) is 15.9. The Morgan fingerprint density at radius 3 is 2.77 bits per heavy atom. The van der Waals surface area contributed by atoms with Crippen LogP contribution in [0.2, 0.25) is 0 Å². The third-order valence-corrected chi connectivity index (χ3v) is 5.81. The molecule has 1 amide bonds. The Hall–Kier alpha value is -1.12. The summed E-state index contributed by atoms with van der Waals surface area (Å²) in [4.78, 5) is 12.2. The van der Waals surface area contributed by atoms with Crippen LogP contribution in [-0.4, -0.2) is 42.4 Å². The van der Waals surface area contributed by atoms with Crippen LogP contribution in [0.4, 0.5) is 0 Å². The summed E-state index contributed by atoms with van der Waals surface area (Å²) < 4.78 is 29.2. The predicted molar refractivity (Wildman–Crippen MR) is 79.9 cm³/mol. The molecule has 0 bridgehead atoms. The highest BCUT2D eigenvalue weighted by molar-refractivity contribution is 8.11. The standard InChI is InChI=1S/C13H18ClN3O4S/c1-8-6-10(4-5-17(8)22(14,19)20)15-13(18)11-7-12(21-16-11)9-2-3-9/h7-10H,2-6H2,1H3,(H,15,18)/t8-,10-/m0/s1. The number of carbonyl (C=O) groups excluding carboxylic acids is 1. The Morgan fingerprint density at radius 2 is 2.18 bits per heavy atom. The summed E-state index contributed by atoms with van der Waals surface area (Å²) in [6.45, 7) is 2.07. The van der Waals surface area contributed by atoms with Crippen LogP contribution >= 0.6 is 10.7 Å². The van der Waals surface area contributed by atoms with Crippen LogP contribution in [0.25, 0.3) is 0 Å². The van der Waals surface area contributed by atoms with E-state index < -0.39 is 9.24 Å². The summed E-state index contributed by atoms with van der Waals surface area (Å²) in [5, 5.41) is 6.69. The van der Waals surface area contributed by atoms with Crippen LogP contribution in [0.5, 0.6) is 0 Å². The molecule has 7 nitrogen and oxygen atoms in total. The van der Waals surface area contributed by atoms with Crippen molar-refractivity contribution in [1.29, 1.82) is 0 Å². The minimum Gasteiger partial charge on any atom is -0.360 e. The average molecular weight is 348 g/mol. The minimum atomic E-state index is -3.71. The zero-order valence-electron chi connectivity index (χ0n) is 12.2. The van der Waals surface area contributed by atoms with E-state index in [1.165, 1.54) is 4.31 Å². The van der Waals surface area contributed by atoms with Crippen molar-refractivity contribution in [2.45, 2.75) is 50.6 Å². The summed E-state index contributed by atoms with van der Waals surface area (Å²) in [6, 6.07) is 1.34. The van der Waals surface area contributed by atoms with Crippen molar-refractivity contribution in [2.24, 2.45) is 0 Å². The van der Waals surface area contributed by atoms with Gasteiger partial charge in [0.2, 0.25) is 0 Å². The van der Waals surface area contributed by atoms with E-state index in [0.717, 1.165) is 18.6 Å². The van der Waals surface area contributed by atoms with Crippen molar-refractivity contribution in [3.8, 4) is 0 Å². The Morgan fingerprint density at radius 1 is 1.45 bits per heavy atom. The number of hydrogen-bond acceptors (Lipinski definition) is 5. The van der Waals surface area contributed by atoms with Crippen LogP contribution < -0.4 is 5.32 Å². The molecule has 1 aromatic rings. The number of piperidine rings is 1. The topological polar surface area (TPSA) is 92.5 Å². The van der Waals surface area contributed by atoms with Crippen LogP contribution in [0.15, 0.2) is 10.6 Å². The van der Waals surface area contributed by atoms with E-state index in [4.69, 9.17) is 15.2 Å². The molecule has 2 aliphatic rings. The Balaban J connectivity index is 1.58. The number of aromatic nitrogens is 1. The molecular weight excluding hydrogens is 330 g/mol. The van der Waals surface area contributed by atoms with Gasteiger partial charge in [-0.1, -0.05) is 5.16 Å². The lowest BCUT2D eigenvalue weighted by Gasteiger charge is -2.35. The third kappa shape index (κ3) is 3.44. The molecule has 2 heterocycles. The van der Waals surface area contributed by atoms with E-state index >= 15 is 0 Å². The Kier molecular flexibility index (Phi) is 4.17. The van der Waals surface area contributed by atoms with Crippen LogP contribution in [-0.2, 0) is 9.24 Å². The molecule has 0 spiro atoms. The molecule has 1 saturated heterocycles. The van der Waals surface area contributed by atoms with E-state index in [0.29, 0.717) is 25.3 Å². The van der Waals surface area contributed by atoms with E-state index in [2.05, 4.69) is 10.5 Å². The van der Waals surface area contributed by atoms with Gasteiger partial charge >= 0.3 is 0 Å². The van der Waals surface area contributed by atoms with Crippen LogP contribution in [0.3, 0.4) is 0 Å². The molecule has 1 aliphatic heterocycles. The molecule has 0 unspecified atom stereocenters. The fourth-order valence-corrected chi connectivity index (χ4v) is 4.28. The molecule has 1 aromatic heterocycles. The molecule has 3 rings (SSSR count). The second kappa shape index (κ2) is 5.82. The van der Waals surface area contributed by atoms with Crippen molar-refractivity contribution >= 4 is 25.8 Å². The maximum atomic E-state index is 12.2. The molecule has 2 atom stereocenters. The van der Waals surface area contributed by atoms with Crippen molar-refractivity contribution in [2.75, 3.05) is 6.54 Å². The van der Waals surface area contributed by atoms with Gasteiger partial charge in [0.15, 0.2) is 5.69 Å². The smallest absolute Gasteiger partial charge is 0.300 e. The summed E-state index contributed by atoms with van der Waals surface area (Å²) in [7, 11) is 1.67. The van der Waals surface area contributed by atoms with Gasteiger partial charge in [-0.25, -0.2) is 0 Å². The molecule has 22 heavy (non-hydrogen) atoms. The highest BCUT2D eigenvalue weighted by atomic mass is 35.7. The lowest BCUT2D eigenvalue weighted by atomic mass is 10.0. The summed E-state index contributed by atoms with van der Waals surface area (Å²) in [6.07, 6.45) is 3.21. The van der Waals surface area contributed by atoms with E-state index in [-0.39, 0.29) is 23.7 Å². The lowest BCUT2D eigenvalue weighted by molar-refractivity contribution is 0.0905. The highest BCUT2D eigenvalue weighted by Gasteiger charge is 2.34. The second-order valence-corrected chi connectivity index (χ2v) is 8.45. The normalized spacial score (nSPS) is 26.8. The van der Waals surface area contributed by atoms with Gasteiger partial charge in [0.05, 0.1) is 0 Å². The van der Waals surface area contributed by atoms with Gasteiger partial charge in [0.25, 0.3) is 15.1 Å². The fraction of sp³-hybridized carbons (Fsp3) is 0.692. The largest absolute Gasteiger partial charge is 0.360 e. The Labute approximate surface area is 133 Å². The van der Waals surface area contributed by atoms with E-state index in [9.17, 15) is 13.2 Å². The maximum absolute atomic E-state index is 12.2. The summed E-state index contributed by atoms with van der Waals surface area (Å²) in [5.74, 6) is 0.892. The molecule has 0 aromatic carbocycles. The van der Waals surface area contributed by atoms with Gasteiger partial charge in [-0.15, -0.1) is 0 Å². The molecule has 1 saturated carbocycles. The number of nitrogens with one attached hydrogen (secondary N) is 1. The van der Waals surface area contributed by atoms with Gasteiger partial charge in [0, 0.05) is 41.3 Å². The van der Waals surface area contributed by atoms with Gasteiger partial charge < -0.3 is 9.84 Å². The van der Waals surface area contributed by atoms with Crippen molar-refractivity contribution in [1.82, 2.24) is 14.8 Å². The van der Waals surface area contributed by atoms with Crippen molar-refractivity contribution < 1.29 is 17.7 Å². The molecular formula is C13H18ClN3O4S. The molecule has 9 heteroatoms. The number of nitrogens with zero attached hydrogens (tertiary/aromatic N) is 2. The van der Waals surface area contributed by atoms with Gasteiger partial charge in [-0.2, -0.15) is 12.7 Å². The van der Waals surface area contributed by atoms with Crippen LogP contribution in [0, 0.1) is 0 Å². The molecule has 1 N–H and O–H groups in total. The van der Waals surface area contributed by atoms with Crippen LogP contribution in [0.1, 0.15) is 54.8 Å². The molecule has 0 radical (unpaired) electrons. The summed E-state index contributed by atoms with van der Waals surface area (Å²) >= 11 is 0. The summed E-state index contributed by atoms with van der Waals surface area (Å²) in [5.41, 5.74) is 0.280. The van der Waals surface area contributed by atoms with E-state index in [1.54, 1.807) is 13.0 Å². The third-order valence-electron chi connectivity index (χ3n) is 4.17. The van der Waals surface area contributed by atoms with Crippen molar-refractivity contribution in [3.05, 3.63) is 17.5 Å². The van der Waals surface area contributed by atoms with Gasteiger partial charge in [-0.3, -0.25) is 4.79 Å². The first-order valence-electron chi connectivity index (χ1n) is 7.33. The Bertz CT molecular complexity index is 671. The van der Waals surface area contributed by atoms with Crippen molar-refractivity contribution in [3.63, 3.8) is 0 Å². The minimum absolute atomic E-state index is 0.0989. The van der Waals surface area contributed by atoms with E-state index in [1.807, 2.05) is 0 Å². The number of carbonyl (C=O) groups is 1.